The Morgan fingerprint density at radius 1 is 1.14 bits per heavy atom. The predicted molar refractivity (Wildman–Crippen MR) is 81.8 cm³/mol. The maximum absolute atomic E-state index is 13.5. The molecule has 4 heteroatoms. The zero-order chi connectivity index (χ0) is 15.4. The number of carbonyl (C=O) groups is 1. The molecule has 0 radical (unpaired) electrons. The van der Waals surface area contributed by atoms with Crippen LogP contribution >= 0.6 is 0 Å². The smallest absolute Gasteiger partial charge is 0.224 e. The molecule has 0 fully saturated rings. The fourth-order valence-corrected chi connectivity index (χ4v) is 2.65. The second-order valence-electron chi connectivity index (χ2n) is 5.48. The predicted octanol–water partition coefficient (Wildman–Crippen LogP) is 2.63. The molecule has 1 unspecified atom stereocenters. The Kier molecular flexibility index (Phi) is 4.49. The topological polar surface area (TPSA) is 38.3 Å². The highest BCUT2D eigenvalue weighted by Crippen LogP contribution is 2.19. The number of rotatable bonds is 4. The summed E-state index contributed by atoms with van der Waals surface area (Å²) in [6, 6.07) is 14.5. The van der Waals surface area contributed by atoms with Gasteiger partial charge in [-0.25, -0.2) is 4.39 Å². The lowest BCUT2D eigenvalue weighted by Crippen LogP contribution is -2.37. The van der Waals surface area contributed by atoms with E-state index < -0.39 is 0 Å². The second kappa shape index (κ2) is 6.71. The minimum atomic E-state index is -0.347. The van der Waals surface area contributed by atoms with Crippen LogP contribution in [0.15, 0.2) is 48.5 Å². The Balaban J connectivity index is 1.51. The number of fused-ring (bicyclic) bond motifs is 1. The fraction of sp³-hybridized carbons (Fsp3) is 0.278. The van der Waals surface area contributed by atoms with E-state index in [0.717, 1.165) is 6.42 Å². The summed E-state index contributed by atoms with van der Waals surface area (Å²) in [4.78, 5) is 11.9. The summed E-state index contributed by atoms with van der Waals surface area (Å²) in [6.45, 7) is 1.02. The monoisotopic (exact) mass is 299 g/mol. The van der Waals surface area contributed by atoms with Gasteiger partial charge in [0.25, 0.3) is 0 Å². The molecule has 0 aliphatic carbocycles. The quantitative estimate of drug-likeness (QED) is 0.942. The lowest BCUT2D eigenvalue weighted by atomic mass is 9.99. The van der Waals surface area contributed by atoms with Gasteiger partial charge in [0.05, 0.1) is 19.1 Å². The first kappa shape index (κ1) is 14.7. The van der Waals surface area contributed by atoms with Gasteiger partial charge in [0.2, 0.25) is 5.91 Å². The largest absolute Gasteiger partial charge is 0.371 e. The molecule has 1 amide bonds. The van der Waals surface area contributed by atoms with Crippen molar-refractivity contribution in [3.05, 3.63) is 71.0 Å². The first-order valence-electron chi connectivity index (χ1n) is 7.41. The van der Waals surface area contributed by atoms with Crippen molar-refractivity contribution in [1.29, 1.82) is 0 Å². The number of hydrogen-bond acceptors (Lipinski definition) is 2. The molecule has 1 aliphatic heterocycles. The first-order valence-corrected chi connectivity index (χ1v) is 7.41. The molecule has 1 atom stereocenters. The van der Waals surface area contributed by atoms with E-state index in [-0.39, 0.29) is 24.2 Å². The molecule has 0 aromatic heterocycles. The van der Waals surface area contributed by atoms with Crippen molar-refractivity contribution in [1.82, 2.24) is 5.32 Å². The van der Waals surface area contributed by atoms with Crippen LogP contribution in [0.3, 0.4) is 0 Å². The lowest BCUT2D eigenvalue weighted by Gasteiger charge is -2.25. The van der Waals surface area contributed by atoms with Gasteiger partial charge in [0.15, 0.2) is 0 Å². The van der Waals surface area contributed by atoms with Crippen LogP contribution in [0, 0.1) is 5.82 Å². The van der Waals surface area contributed by atoms with Crippen LogP contribution in [0.2, 0.25) is 0 Å². The number of nitrogens with one attached hydrogen (secondary N) is 1. The van der Waals surface area contributed by atoms with Crippen LogP contribution in [0.25, 0.3) is 0 Å². The van der Waals surface area contributed by atoms with Crippen LogP contribution in [-0.2, 0) is 29.0 Å². The average molecular weight is 299 g/mol. The molecule has 0 saturated carbocycles. The summed E-state index contributed by atoms with van der Waals surface area (Å²) in [5.41, 5.74) is 2.88. The third-order valence-electron chi connectivity index (χ3n) is 3.88. The van der Waals surface area contributed by atoms with Gasteiger partial charge >= 0.3 is 0 Å². The van der Waals surface area contributed by atoms with Gasteiger partial charge in [-0.3, -0.25) is 4.79 Å². The Hall–Kier alpha value is -2.20. The van der Waals surface area contributed by atoms with Crippen molar-refractivity contribution in [3.8, 4) is 0 Å². The maximum Gasteiger partial charge on any atom is 0.224 e. The van der Waals surface area contributed by atoms with Crippen molar-refractivity contribution in [2.24, 2.45) is 0 Å². The molecule has 0 spiro atoms. The normalized spacial score (nSPS) is 16.9. The molecular weight excluding hydrogens is 281 g/mol. The van der Waals surface area contributed by atoms with E-state index >= 15 is 0 Å². The van der Waals surface area contributed by atoms with Gasteiger partial charge < -0.3 is 10.1 Å². The molecule has 0 bridgehead atoms. The van der Waals surface area contributed by atoms with Gasteiger partial charge in [-0.05, 0) is 22.8 Å². The maximum atomic E-state index is 13.5. The molecule has 3 nitrogen and oxygen atoms in total. The minimum Gasteiger partial charge on any atom is -0.371 e. The molecule has 1 heterocycles. The number of benzene rings is 2. The first-order chi connectivity index (χ1) is 10.7. The van der Waals surface area contributed by atoms with Crippen molar-refractivity contribution in [3.63, 3.8) is 0 Å². The molecule has 2 aromatic carbocycles. The number of halogens is 1. The summed E-state index contributed by atoms with van der Waals surface area (Å²) >= 11 is 0. The molecular formula is C18H18FNO2. The third kappa shape index (κ3) is 3.52. The zero-order valence-corrected chi connectivity index (χ0v) is 12.2. The summed E-state index contributed by atoms with van der Waals surface area (Å²) in [5.74, 6) is -0.534. The van der Waals surface area contributed by atoms with Crippen LogP contribution in [-0.4, -0.2) is 18.6 Å². The highest BCUT2D eigenvalue weighted by molar-refractivity contribution is 5.78. The van der Waals surface area contributed by atoms with E-state index in [0.29, 0.717) is 18.7 Å². The van der Waals surface area contributed by atoms with E-state index in [1.807, 2.05) is 12.1 Å². The fourth-order valence-electron chi connectivity index (χ4n) is 2.65. The van der Waals surface area contributed by atoms with Gasteiger partial charge in [0.1, 0.15) is 5.82 Å². The van der Waals surface area contributed by atoms with Crippen molar-refractivity contribution in [2.75, 3.05) is 6.54 Å². The molecule has 1 N–H and O–H groups in total. The minimum absolute atomic E-state index is 0.0283. The van der Waals surface area contributed by atoms with Gasteiger partial charge in [-0.2, -0.15) is 0 Å². The van der Waals surface area contributed by atoms with Crippen molar-refractivity contribution >= 4 is 5.91 Å². The SMILES string of the molecule is O=C(Cc1ccccc1F)NCC1Cc2ccccc2CO1. The van der Waals surface area contributed by atoms with E-state index in [1.165, 1.54) is 17.2 Å². The Bertz CT molecular complexity index is 672. The molecule has 1 aliphatic rings. The Labute approximate surface area is 129 Å². The lowest BCUT2D eigenvalue weighted by molar-refractivity contribution is -0.121. The van der Waals surface area contributed by atoms with E-state index in [2.05, 4.69) is 17.4 Å². The highest BCUT2D eigenvalue weighted by atomic mass is 19.1. The number of carbonyl (C=O) groups excluding carboxylic acids is 1. The second-order valence-corrected chi connectivity index (χ2v) is 5.48. The highest BCUT2D eigenvalue weighted by Gasteiger charge is 2.19. The van der Waals surface area contributed by atoms with Crippen molar-refractivity contribution in [2.45, 2.75) is 25.6 Å². The van der Waals surface area contributed by atoms with E-state index in [1.54, 1.807) is 18.2 Å². The third-order valence-corrected chi connectivity index (χ3v) is 3.88. The summed E-state index contributed by atoms with van der Waals surface area (Å²) in [7, 11) is 0. The number of ether oxygens (including phenoxy) is 1. The molecule has 2 aromatic rings. The van der Waals surface area contributed by atoms with Gasteiger partial charge in [-0.1, -0.05) is 42.5 Å². The van der Waals surface area contributed by atoms with Crippen LogP contribution in [0.4, 0.5) is 4.39 Å². The Morgan fingerprint density at radius 3 is 2.68 bits per heavy atom. The van der Waals surface area contributed by atoms with E-state index in [4.69, 9.17) is 4.74 Å². The molecule has 3 rings (SSSR count). The van der Waals surface area contributed by atoms with Gasteiger partial charge in [-0.15, -0.1) is 0 Å². The molecule has 0 saturated heterocycles. The molecule has 22 heavy (non-hydrogen) atoms. The Morgan fingerprint density at radius 2 is 1.86 bits per heavy atom. The zero-order valence-electron chi connectivity index (χ0n) is 12.2. The summed E-state index contributed by atoms with van der Waals surface area (Å²) in [6.07, 6.45) is 0.811. The van der Waals surface area contributed by atoms with Crippen molar-refractivity contribution < 1.29 is 13.9 Å². The number of amides is 1. The van der Waals surface area contributed by atoms with Crippen LogP contribution < -0.4 is 5.32 Å². The summed E-state index contributed by atoms with van der Waals surface area (Å²) < 4.78 is 19.2. The van der Waals surface area contributed by atoms with Crippen LogP contribution in [0.5, 0.6) is 0 Å². The average Bonchev–Trinajstić information content (AvgIpc) is 2.55. The standard InChI is InChI=1S/C18H18FNO2/c19-17-8-4-3-6-14(17)10-18(21)20-11-16-9-13-5-1-2-7-15(13)12-22-16/h1-8,16H,9-12H2,(H,20,21). The number of hydrogen-bond donors (Lipinski definition) is 1. The van der Waals surface area contributed by atoms with Gasteiger partial charge in [0, 0.05) is 13.0 Å². The molecule has 114 valence electrons. The van der Waals surface area contributed by atoms with Crippen LogP contribution in [0.1, 0.15) is 16.7 Å². The van der Waals surface area contributed by atoms with E-state index in [9.17, 15) is 9.18 Å². The summed E-state index contributed by atoms with van der Waals surface area (Å²) in [5, 5.41) is 2.83.